The number of unbranched alkanes of at least 4 members (excludes halogenated alkanes) is 1. The highest BCUT2D eigenvalue weighted by molar-refractivity contribution is 6.30. The average Bonchev–Trinajstić information content (AvgIpc) is 3.08. The normalized spacial score (nSPS) is 14.0. The summed E-state index contributed by atoms with van der Waals surface area (Å²) in [6.07, 6.45) is 5.99. The molecule has 0 fully saturated rings. The second-order valence-corrected chi connectivity index (χ2v) is 6.61. The molecule has 6 heteroatoms. The number of aromatic nitrogens is 3. The standard InChI is InChI=1S/C18H24ClN3O2/c1-4-5-10-24-18(2,3)17(23)16(22-13-20-12-21-22)11-14-6-8-15(19)9-7-14/h6-9,11-13,17,23H,4-5,10H2,1-3H3. The van der Waals surface area contributed by atoms with E-state index in [4.69, 9.17) is 16.3 Å². The van der Waals surface area contributed by atoms with Gasteiger partial charge in [-0.25, -0.2) is 9.67 Å². The van der Waals surface area contributed by atoms with Gasteiger partial charge in [0.15, 0.2) is 0 Å². The zero-order valence-electron chi connectivity index (χ0n) is 14.3. The molecule has 0 aliphatic heterocycles. The van der Waals surface area contributed by atoms with Gasteiger partial charge in [0.05, 0.1) is 11.3 Å². The molecule has 0 aliphatic rings. The van der Waals surface area contributed by atoms with Crippen LogP contribution < -0.4 is 0 Å². The van der Waals surface area contributed by atoms with Crippen molar-refractivity contribution in [1.29, 1.82) is 0 Å². The highest BCUT2D eigenvalue weighted by Gasteiger charge is 2.33. The molecular formula is C18H24ClN3O2. The summed E-state index contributed by atoms with van der Waals surface area (Å²) in [6.45, 7) is 6.46. The van der Waals surface area contributed by atoms with Gasteiger partial charge in [-0.3, -0.25) is 0 Å². The number of aliphatic hydroxyl groups excluding tert-OH is 1. The maximum Gasteiger partial charge on any atom is 0.138 e. The molecule has 0 amide bonds. The maximum absolute atomic E-state index is 10.9. The number of hydrogen-bond donors (Lipinski definition) is 1. The zero-order valence-corrected chi connectivity index (χ0v) is 15.1. The van der Waals surface area contributed by atoms with Gasteiger partial charge in [-0.15, -0.1) is 0 Å². The number of halogens is 1. The number of rotatable bonds is 8. The van der Waals surface area contributed by atoms with Crippen molar-refractivity contribution in [2.75, 3.05) is 6.61 Å². The predicted octanol–water partition coefficient (Wildman–Crippen LogP) is 3.89. The molecule has 1 N–H and O–H groups in total. The highest BCUT2D eigenvalue weighted by atomic mass is 35.5. The van der Waals surface area contributed by atoms with E-state index in [0.717, 1.165) is 18.4 Å². The van der Waals surface area contributed by atoms with Crippen LogP contribution in [-0.4, -0.2) is 38.2 Å². The van der Waals surface area contributed by atoms with Gasteiger partial charge in [0, 0.05) is 11.6 Å². The molecule has 2 aromatic rings. The van der Waals surface area contributed by atoms with Crippen molar-refractivity contribution in [3.8, 4) is 0 Å². The van der Waals surface area contributed by atoms with E-state index in [-0.39, 0.29) is 0 Å². The summed E-state index contributed by atoms with van der Waals surface area (Å²) in [5.41, 5.74) is 0.754. The number of nitrogens with zero attached hydrogens (tertiary/aromatic N) is 3. The minimum atomic E-state index is -0.869. The fourth-order valence-corrected chi connectivity index (χ4v) is 2.38. The van der Waals surface area contributed by atoms with E-state index in [9.17, 15) is 5.11 Å². The quantitative estimate of drug-likeness (QED) is 0.734. The predicted molar refractivity (Wildman–Crippen MR) is 96.6 cm³/mol. The Morgan fingerprint density at radius 3 is 2.67 bits per heavy atom. The molecule has 0 radical (unpaired) electrons. The van der Waals surface area contributed by atoms with Crippen LogP contribution in [0.3, 0.4) is 0 Å². The third-order valence-corrected chi connectivity index (χ3v) is 4.03. The Labute approximate surface area is 147 Å². The number of ether oxygens (including phenoxy) is 1. The van der Waals surface area contributed by atoms with Crippen LogP contribution in [0.1, 0.15) is 39.2 Å². The Hall–Kier alpha value is -1.69. The lowest BCUT2D eigenvalue weighted by Crippen LogP contribution is -2.41. The summed E-state index contributed by atoms with van der Waals surface area (Å²) in [4.78, 5) is 3.98. The van der Waals surface area contributed by atoms with Crippen LogP contribution in [0.2, 0.25) is 5.02 Å². The van der Waals surface area contributed by atoms with Crippen LogP contribution in [0, 0.1) is 0 Å². The molecule has 24 heavy (non-hydrogen) atoms. The van der Waals surface area contributed by atoms with Gasteiger partial charge in [0.2, 0.25) is 0 Å². The summed E-state index contributed by atoms with van der Waals surface area (Å²) < 4.78 is 7.45. The van der Waals surface area contributed by atoms with Gasteiger partial charge in [0.25, 0.3) is 0 Å². The first-order valence-corrected chi connectivity index (χ1v) is 8.46. The summed E-state index contributed by atoms with van der Waals surface area (Å²) in [5, 5.41) is 15.7. The van der Waals surface area contributed by atoms with Gasteiger partial charge in [-0.2, -0.15) is 5.10 Å². The Morgan fingerprint density at radius 1 is 1.38 bits per heavy atom. The van der Waals surface area contributed by atoms with Crippen molar-refractivity contribution in [3.05, 3.63) is 47.5 Å². The molecule has 5 nitrogen and oxygen atoms in total. The first-order valence-electron chi connectivity index (χ1n) is 8.08. The van der Waals surface area contributed by atoms with Crippen LogP contribution in [0.4, 0.5) is 0 Å². The minimum absolute atomic E-state index is 0.594. The van der Waals surface area contributed by atoms with Crippen LogP contribution in [-0.2, 0) is 4.74 Å². The maximum atomic E-state index is 10.9. The van der Waals surface area contributed by atoms with E-state index in [1.807, 2.05) is 44.2 Å². The third kappa shape index (κ3) is 4.90. The second kappa shape index (κ2) is 8.42. The van der Waals surface area contributed by atoms with Crippen LogP contribution in [0.25, 0.3) is 11.8 Å². The van der Waals surface area contributed by atoms with Crippen molar-refractivity contribution >= 4 is 23.4 Å². The molecule has 130 valence electrons. The van der Waals surface area contributed by atoms with Crippen LogP contribution >= 0.6 is 11.6 Å². The summed E-state index contributed by atoms with van der Waals surface area (Å²) >= 11 is 5.94. The Bertz CT molecular complexity index is 651. The van der Waals surface area contributed by atoms with Gasteiger partial charge < -0.3 is 9.84 Å². The van der Waals surface area contributed by atoms with Crippen LogP contribution in [0.15, 0.2) is 36.9 Å². The fraction of sp³-hybridized carbons (Fsp3) is 0.444. The number of benzene rings is 1. The number of hydrogen-bond acceptors (Lipinski definition) is 4. The molecule has 0 aliphatic carbocycles. The molecule has 1 atom stereocenters. The lowest BCUT2D eigenvalue weighted by atomic mass is 9.97. The highest BCUT2D eigenvalue weighted by Crippen LogP contribution is 2.26. The summed E-state index contributed by atoms with van der Waals surface area (Å²) in [7, 11) is 0. The fourth-order valence-electron chi connectivity index (χ4n) is 2.26. The van der Waals surface area contributed by atoms with E-state index in [0.29, 0.717) is 17.3 Å². The Kier molecular flexibility index (Phi) is 6.54. The number of aliphatic hydroxyl groups is 1. The van der Waals surface area contributed by atoms with Gasteiger partial charge in [-0.1, -0.05) is 37.1 Å². The van der Waals surface area contributed by atoms with Crippen molar-refractivity contribution in [2.24, 2.45) is 0 Å². The monoisotopic (exact) mass is 349 g/mol. The smallest absolute Gasteiger partial charge is 0.138 e. The third-order valence-electron chi connectivity index (χ3n) is 3.78. The minimum Gasteiger partial charge on any atom is -0.384 e. The molecule has 1 aromatic heterocycles. The van der Waals surface area contributed by atoms with Gasteiger partial charge in [-0.05, 0) is 44.0 Å². The summed E-state index contributed by atoms with van der Waals surface area (Å²) in [6, 6.07) is 7.39. The van der Waals surface area contributed by atoms with Crippen molar-refractivity contribution in [1.82, 2.24) is 14.8 Å². The van der Waals surface area contributed by atoms with Crippen molar-refractivity contribution in [2.45, 2.75) is 45.3 Å². The van der Waals surface area contributed by atoms with E-state index < -0.39 is 11.7 Å². The molecule has 1 heterocycles. The Balaban J connectivity index is 2.31. The average molecular weight is 350 g/mol. The Morgan fingerprint density at radius 2 is 2.08 bits per heavy atom. The molecule has 1 aromatic carbocycles. The first-order chi connectivity index (χ1) is 11.4. The first kappa shape index (κ1) is 18.6. The molecule has 1 unspecified atom stereocenters. The van der Waals surface area contributed by atoms with E-state index in [1.165, 1.54) is 6.33 Å². The van der Waals surface area contributed by atoms with Gasteiger partial charge in [0.1, 0.15) is 18.8 Å². The molecule has 2 rings (SSSR count). The lowest BCUT2D eigenvalue weighted by Gasteiger charge is -2.32. The largest absolute Gasteiger partial charge is 0.384 e. The van der Waals surface area contributed by atoms with E-state index in [2.05, 4.69) is 17.0 Å². The van der Waals surface area contributed by atoms with E-state index in [1.54, 1.807) is 11.0 Å². The zero-order chi connectivity index (χ0) is 17.6. The lowest BCUT2D eigenvalue weighted by molar-refractivity contribution is -0.0809. The topological polar surface area (TPSA) is 60.2 Å². The van der Waals surface area contributed by atoms with Gasteiger partial charge >= 0.3 is 0 Å². The SMILES string of the molecule is CCCCOC(C)(C)C(O)C(=Cc1ccc(Cl)cc1)n1cncn1. The molecule has 0 bridgehead atoms. The summed E-state index contributed by atoms with van der Waals surface area (Å²) in [5.74, 6) is 0. The molecular weight excluding hydrogens is 326 g/mol. The van der Waals surface area contributed by atoms with Crippen molar-refractivity contribution in [3.63, 3.8) is 0 Å². The second-order valence-electron chi connectivity index (χ2n) is 6.17. The molecule has 0 saturated carbocycles. The van der Waals surface area contributed by atoms with Crippen molar-refractivity contribution < 1.29 is 9.84 Å². The molecule has 0 saturated heterocycles. The molecule has 0 spiro atoms. The van der Waals surface area contributed by atoms with E-state index >= 15 is 0 Å². The van der Waals surface area contributed by atoms with Crippen LogP contribution in [0.5, 0.6) is 0 Å².